The molecule has 0 bridgehead atoms. The highest BCUT2D eigenvalue weighted by atomic mass is 16.1. The summed E-state index contributed by atoms with van der Waals surface area (Å²) in [4.78, 5) is 15.9. The number of hydrogen-bond donors (Lipinski definition) is 1. The van der Waals surface area contributed by atoms with Crippen LogP contribution in [0.15, 0.2) is 36.5 Å². The third-order valence-electron chi connectivity index (χ3n) is 3.26. The van der Waals surface area contributed by atoms with Crippen LogP contribution in [-0.2, 0) is 4.79 Å². The van der Waals surface area contributed by atoms with Gasteiger partial charge in [0.2, 0.25) is 5.91 Å². The summed E-state index contributed by atoms with van der Waals surface area (Å²) in [5.74, 6) is 0.00837. The Balaban J connectivity index is 2.39. The van der Waals surface area contributed by atoms with Gasteiger partial charge in [0, 0.05) is 24.1 Å². The summed E-state index contributed by atoms with van der Waals surface area (Å²) in [6.07, 6.45) is 4.96. The molecular weight excluding hydrogens is 236 g/mol. The van der Waals surface area contributed by atoms with Gasteiger partial charge < -0.3 is 5.32 Å². The standard InChI is InChI=1S/C16H20N2O/c1-3-4-10-15(18-12(2)19)14-9-5-7-13-8-6-11-17-16(13)14/h5-9,11,15H,3-4,10H2,1-2H3,(H,18,19). The zero-order chi connectivity index (χ0) is 13.7. The predicted molar refractivity (Wildman–Crippen MR) is 77.8 cm³/mol. The number of aromatic nitrogens is 1. The van der Waals surface area contributed by atoms with E-state index in [0.29, 0.717) is 0 Å². The molecule has 1 unspecified atom stereocenters. The maximum atomic E-state index is 11.4. The Morgan fingerprint density at radius 3 is 2.84 bits per heavy atom. The molecule has 0 aliphatic rings. The summed E-state index contributed by atoms with van der Waals surface area (Å²) in [7, 11) is 0. The monoisotopic (exact) mass is 256 g/mol. The van der Waals surface area contributed by atoms with Crippen molar-refractivity contribution in [2.45, 2.75) is 39.2 Å². The first-order valence-electron chi connectivity index (χ1n) is 6.83. The number of benzene rings is 1. The van der Waals surface area contributed by atoms with Crippen molar-refractivity contribution in [3.63, 3.8) is 0 Å². The van der Waals surface area contributed by atoms with E-state index in [-0.39, 0.29) is 11.9 Å². The topological polar surface area (TPSA) is 42.0 Å². The summed E-state index contributed by atoms with van der Waals surface area (Å²) >= 11 is 0. The largest absolute Gasteiger partial charge is 0.349 e. The highest BCUT2D eigenvalue weighted by Gasteiger charge is 2.15. The first-order valence-corrected chi connectivity index (χ1v) is 6.83. The van der Waals surface area contributed by atoms with E-state index in [1.165, 1.54) is 0 Å². The molecule has 1 atom stereocenters. The quantitative estimate of drug-likeness (QED) is 0.888. The van der Waals surface area contributed by atoms with Gasteiger partial charge in [-0.05, 0) is 12.5 Å². The van der Waals surface area contributed by atoms with Gasteiger partial charge in [-0.25, -0.2) is 0 Å². The number of amides is 1. The van der Waals surface area contributed by atoms with Crippen molar-refractivity contribution in [2.24, 2.45) is 0 Å². The fraction of sp³-hybridized carbons (Fsp3) is 0.375. The Hall–Kier alpha value is -1.90. The minimum absolute atomic E-state index is 0.00837. The summed E-state index contributed by atoms with van der Waals surface area (Å²) in [6, 6.07) is 10.2. The lowest BCUT2D eigenvalue weighted by molar-refractivity contribution is -0.119. The zero-order valence-electron chi connectivity index (χ0n) is 11.5. The minimum Gasteiger partial charge on any atom is -0.349 e. The number of pyridine rings is 1. The van der Waals surface area contributed by atoms with Gasteiger partial charge in [-0.15, -0.1) is 0 Å². The maximum Gasteiger partial charge on any atom is 0.217 e. The first-order chi connectivity index (χ1) is 9.22. The number of unbranched alkanes of at least 4 members (excludes halogenated alkanes) is 1. The van der Waals surface area contributed by atoms with Crippen LogP contribution in [0.4, 0.5) is 0 Å². The molecule has 0 spiro atoms. The summed E-state index contributed by atoms with van der Waals surface area (Å²) in [5, 5.41) is 4.16. The second-order valence-electron chi connectivity index (χ2n) is 4.82. The number of carbonyl (C=O) groups is 1. The summed E-state index contributed by atoms with van der Waals surface area (Å²) in [5.41, 5.74) is 2.10. The molecule has 3 heteroatoms. The molecule has 1 heterocycles. The highest BCUT2D eigenvalue weighted by Crippen LogP contribution is 2.26. The van der Waals surface area contributed by atoms with E-state index < -0.39 is 0 Å². The zero-order valence-corrected chi connectivity index (χ0v) is 11.5. The van der Waals surface area contributed by atoms with Crippen molar-refractivity contribution < 1.29 is 4.79 Å². The van der Waals surface area contributed by atoms with Crippen LogP contribution in [0.25, 0.3) is 10.9 Å². The van der Waals surface area contributed by atoms with Crippen LogP contribution in [0, 0.1) is 0 Å². The molecular formula is C16H20N2O. The smallest absolute Gasteiger partial charge is 0.217 e. The molecule has 19 heavy (non-hydrogen) atoms. The van der Waals surface area contributed by atoms with Crippen LogP contribution in [0.2, 0.25) is 0 Å². The average Bonchev–Trinajstić information content (AvgIpc) is 2.42. The number of fused-ring (bicyclic) bond motifs is 1. The van der Waals surface area contributed by atoms with E-state index in [9.17, 15) is 4.79 Å². The van der Waals surface area contributed by atoms with E-state index in [4.69, 9.17) is 0 Å². The van der Waals surface area contributed by atoms with Crippen molar-refractivity contribution in [1.82, 2.24) is 10.3 Å². The molecule has 1 N–H and O–H groups in total. The van der Waals surface area contributed by atoms with Crippen molar-refractivity contribution in [3.8, 4) is 0 Å². The molecule has 0 radical (unpaired) electrons. The Morgan fingerprint density at radius 1 is 1.32 bits per heavy atom. The number of para-hydroxylation sites is 1. The van der Waals surface area contributed by atoms with Crippen molar-refractivity contribution >= 4 is 16.8 Å². The molecule has 1 aromatic heterocycles. The van der Waals surface area contributed by atoms with E-state index in [1.807, 2.05) is 12.1 Å². The minimum atomic E-state index is 0.00837. The van der Waals surface area contributed by atoms with Crippen LogP contribution in [0.3, 0.4) is 0 Å². The highest BCUT2D eigenvalue weighted by molar-refractivity contribution is 5.83. The van der Waals surface area contributed by atoms with Gasteiger partial charge in [0.05, 0.1) is 11.6 Å². The Kier molecular flexibility index (Phi) is 4.50. The SMILES string of the molecule is CCCCC(NC(C)=O)c1cccc2cccnc12. The molecule has 0 saturated heterocycles. The average molecular weight is 256 g/mol. The molecule has 0 aliphatic carbocycles. The van der Waals surface area contributed by atoms with Gasteiger partial charge in [-0.3, -0.25) is 9.78 Å². The third-order valence-corrected chi connectivity index (χ3v) is 3.26. The normalized spacial score (nSPS) is 12.3. The molecule has 3 nitrogen and oxygen atoms in total. The van der Waals surface area contributed by atoms with Crippen molar-refractivity contribution in [3.05, 3.63) is 42.1 Å². The van der Waals surface area contributed by atoms with Gasteiger partial charge in [-0.1, -0.05) is 44.0 Å². The summed E-state index contributed by atoms with van der Waals surface area (Å²) in [6.45, 7) is 3.73. The van der Waals surface area contributed by atoms with Gasteiger partial charge >= 0.3 is 0 Å². The molecule has 0 aliphatic heterocycles. The molecule has 0 saturated carbocycles. The lowest BCUT2D eigenvalue weighted by Gasteiger charge is -2.19. The molecule has 1 amide bonds. The van der Waals surface area contributed by atoms with Gasteiger partial charge in [0.25, 0.3) is 0 Å². The first kappa shape index (κ1) is 13.5. The number of hydrogen-bond acceptors (Lipinski definition) is 2. The molecule has 0 fully saturated rings. The number of rotatable bonds is 5. The number of nitrogens with one attached hydrogen (secondary N) is 1. The second-order valence-corrected chi connectivity index (χ2v) is 4.82. The van der Waals surface area contributed by atoms with Crippen LogP contribution in [0.1, 0.15) is 44.7 Å². The maximum absolute atomic E-state index is 11.4. The van der Waals surface area contributed by atoms with E-state index in [0.717, 1.165) is 35.7 Å². The lowest BCUT2D eigenvalue weighted by atomic mass is 9.98. The second kappa shape index (κ2) is 6.32. The number of nitrogens with zero attached hydrogens (tertiary/aromatic N) is 1. The fourth-order valence-corrected chi connectivity index (χ4v) is 2.37. The molecule has 2 aromatic rings. The van der Waals surface area contributed by atoms with Crippen LogP contribution < -0.4 is 5.32 Å². The van der Waals surface area contributed by atoms with Gasteiger partial charge in [0.1, 0.15) is 0 Å². The van der Waals surface area contributed by atoms with Crippen LogP contribution in [-0.4, -0.2) is 10.9 Å². The van der Waals surface area contributed by atoms with Crippen molar-refractivity contribution in [2.75, 3.05) is 0 Å². The molecule has 2 rings (SSSR count). The van der Waals surface area contributed by atoms with E-state index >= 15 is 0 Å². The Bertz CT molecular complexity index is 560. The van der Waals surface area contributed by atoms with Crippen LogP contribution in [0.5, 0.6) is 0 Å². The van der Waals surface area contributed by atoms with Gasteiger partial charge in [0.15, 0.2) is 0 Å². The van der Waals surface area contributed by atoms with E-state index in [1.54, 1.807) is 13.1 Å². The van der Waals surface area contributed by atoms with Crippen LogP contribution >= 0.6 is 0 Å². The molecule has 100 valence electrons. The fourth-order valence-electron chi connectivity index (χ4n) is 2.37. The van der Waals surface area contributed by atoms with Gasteiger partial charge in [-0.2, -0.15) is 0 Å². The summed E-state index contributed by atoms with van der Waals surface area (Å²) < 4.78 is 0. The third kappa shape index (κ3) is 3.31. The van der Waals surface area contributed by atoms with E-state index in [2.05, 4.69) is 35.4 Å². The predicted octanol–water partition coefficient (Wildman–Crippen LogP) is 3.60. The number of carbonyl (C=O) groups excluding carboxylic acids is 1. The van der Waals surface area contributed by atoms with Crippen molar-refractivity contribution in [1.29, 1.82) is 0 Å². The molecule has 1 aromatic carbocycles. The Morgan fingerprint density at radius 2 is 2.11 bits per heavy atom. The Labute approximate surface area is 114 Å². The lowest BCUT2D eigenvalue weighted by Crippen LogP contribution is -2.26.